The lowest BCUT2D eigenvalue weighted by Gasteiger charge is -2.23. The van der Waals surface area contributed by atoms with Crippen molar-refractivity contribution >= 4 is 34.4 Å². The molecule has 7 heteroatoms. The first-order valence-corrected chi connectivity index (χ1v) is 10.0. The number of aromatic nitrogens is 2. The molecule has 31 heavy (non-hydrogen) atoms. The molecule has 0 aliphatic carbocycles. The van der Waals surface area contributed by atoms with E-state index in [1.165, 1.54) is 11.7 Å². The molecule has 0 saturated carbocycles. The number of benzene rings is 3. The highest BCUT2D eigenvalue weighted by molar-refractivity contribution is 6.30. The molecule has 1 aromatic heterocycles. The number of hydrogen-bond acceptors (Lipinski definition) is 5. The summed E-state index contributed by atoms with van der Waals surface area (Å²) in [6.45, 7) is 0.538. The molecule has 0 amide bonds. The molecule has 0 saturated heterocycles. The van der Waals surface area contributed by atoms with Gasteiger partial charge < -0.3 is 9.64 Å². The number of halogens is 1. The highest BCUT2D eigenvalue weighted by Crippen LogP contribution is 2.23. The normalized spacial score (nSPS) is 10.8. The molecule has 6 nitrogen and oxygen atoms in total. The lowest BCUT2D eigenvalue weighted by atomic mass is 10.1. The van der Waals surface area contributed by atoms with E-state index >= 15 is 0 Å². The summed E-state index contributed by atoms with van der Waals surface area (Å²) in [5, 5.41) is 0.909. The zero-order valence-corrected chi connectivity index (χ0v) is 17.8. The molecule has 4 rings (SSSR count). The maximum atomic E-state index is 13.5. The highest BCUT2D eigenvalue weighted by Gasteiger charge is 2.18. The Morgan fingerprint density at radius 1 is 1.06 bits per heavy atom. The van der Waals surface area contributed by atoms with Crippen LogP contribution in [0.1, 0.15) is 15.9 Å². The third-order valence-electron chi connectivity index (χ3n) is 4.94. The summed E-state index contributed by atoms with van der Waals surface area (Å²) in [5.41, 5.74) is 2.18. The van der Waals surface area contributed by atoms with Crippen LogP contribution in [0.15, 0.2) is 77.6 Å². The van der Waals surface area contributed by atoms with E-state index in [0.29, 0.717) is 39.7 Å². The van der Waals surface area contributed by atoms with E-state index in [0.717, 1.165) is 5.56 Å². The molecule has 0 fully saturated rings. The minimum atomic E-state index is -0.484. The van der Waals surface area contributed by atoms with Crippen LogP contribution in [0.3, 0.4) is 0 Å². The van der Waals surface area contributed by atoms with Crippen molar-refractivity contribution in [3.63, 3.8) is 0 Å². The van der Waals surface area contributed by atoms with Crippen LogP contribution < -0.4 is 10.5 Å². The average Bonchev–Trinajstić information content (AvgIpc) is 2.78. The maximum absolute atomic E-state index is 13.5. The Morgan fingerprint density at radius 3 is 2.55 bits per heavy atom. The summed E-state index contributed by atoms with van der Waals surface area (Å²) in [6.07, 6.45) is 0. The Hall–Kier alpha value is -3.64. The number of ether oxygens (including phenoxy) is 1. The molecule has 0 radical (unpaired) electrons. The van der Waals surface area contributed by atoms with Gasteiger partial charge >= 0.3 is 5.97 Å². The van der Waals surface area contributed by atoms with Gasteiger partial charge in [-0.1, -0.05) is 48.0 Å². The first kappa shape index (κ1) is 20.6. The largest absolute Gasteiger partial charge is 0.465 e. The molecule has 0 spiro atoms. The standard InChI is InChI=1S/C24H20ClN3O3/c1-27(15-16-7-4-3-5-8-16)24-26-21-13-17(23(30)31-2)11-12-20(21)22(29)28(24)19-10-6-9-18(25)14-19/h3-14H,15H2,1-2H3. The van der Waals surface area contributed by atoms with E-state index in [2.05, 4.69) is 0 Å². The Bertz CT molecular complexity index is 1320. The highest BCUT2D eigenvalue weighted by atomic mass is 35.5. The van der Waals surface area contributed by atoms with Crippen molar-refractivity contribution in [3.8, 4) is 5.69 Å². The molecule has 4 aromatic rings. The first-order valence-electron chi connectivity index (χ1n) is 9.64. The van der Waals surface area contributed by atoms with Crippen molar-refractivity contribution in [3.05, 3.63) is 99.3 Å². The number of hydrogen-bond donors (Lipinski definition) is 0. The molecule has 156 valence electrons. The quantitative estimate of drug-likeness (QED) is 0.435. The van der Waals surface area contributed by atoms with Crippen LogP contribution >= 0.6 is 11.6 Å². The zero-order valence-electron chi connectivity index (χ0n) is 17.1. The van der Waals surface area contributed by atoms with Gasteiger partial charge in [0, 0.05) is 18.6 Å². The fraction of sp³-hybridized carbons (Fsp3) is 0.125. The molecule has 3 aromatic carbocycles. The topological polar surface area (TPSA) is 64.4 Å². The fourth-order valence-electron chi connectivity index (χ4n) is 3.45. The predicted molar refractivity (Wildman–Crippen MR) is 122 cm³/mol. The Kier molecular flexibility index (Phi) is 5.73. The predicted octanol–water partition coefficient (Wildman–Crippen LogP) is 4.46. The van der Waals surface area contributed by atoms with Crippen molar-refractivity contribution in [2.75, 3.05) is 19.1 Å². The van der Waals surface area contributed by atoms with E-state index in [9.17, 15) is 9.59 Å². The molecule has 0 N–H and O–H groups in total. The molecule has 0 atom stereocenters. The monoisotopic (exact) mass is 433 g/mol. The Balaban J connectivity index is 1.94. The second-order valence-electron chi connectivity index (χ2n) is 7.10. The molecule has 0 aliphatic rings. The van der Waals surface area contributed by atoms with Crippen LogP contribution in [0.4, 0.5) is 5.95 Å². The van der Waals surface area contributed by atoms with Crippen molar-refractivity contribution in [2.24, 2.45) is 0 Å². The number of rotatable bonds is 5. The number of nitrogens with zero attached hydrogens (tertiary/aromatic N) is 3. The van der Waals surface area contributed by atoms with E-state index < -0.39 is 5.97 Å². The number of methoxy groups -OCH3 is 1. The molecule has 0 unspecified atom stereocenters. The van der Waals surface area contributed by atoms with Crippen LogP contribution in [0.25, 0.3) is 16.6 Å². The molecule has 0 aliphatic heterocycles. The molecule has 1 heterocycles. The second-order valence-corrected chi connectivity index (χ2v) is 7.53. The van der Waals surface area contributed by atoms with Crippen LogP contribution in [0.5, 0.6) is 0 Å². The van der Waals surface area contributed by atoms with E-state index in [1.54, 1.807) is 36.4 Å². The van der Waals surface area contributed by atoms with Gasteiger partial charge in [-0.15, -0.1) is 0 Å². The first-order chi connectivity index (χ1) is 15.0. The minimum Gasteiger partial charge on any atom is -0.465 e. The van der Waals surface area contributed by atoms with Gasteiger partial charge in [0.2, 0.25) is 5.95 Å². The van der Waals surface area contributed by atoms with E-state index in [4.69, 9.17) is 21.3 Å². The summed E-state index contributed by atoms with van der Waals surface area (Å²) >= 11 is 6.20. The SMILES string of the molecule is COC(=O)c1ccc2c(=O)n(-c3cccc(Cl)c3)c(N(C)Cc3ccccc3)nc2c1. The third-order valence-corrected chi connectivity index (χ3v) is 5.18. The van der Waals surface area contributed by atoms with Gasteiger partial charge in [0.15, 0.2) is 0 Å². The van der Waals surface area contributed by atoms with Gasteiger partial charge in [0.1, 0.15) is 0 Å². The van der Waals surface area contributed by atoms with Gasteiger partial charge in [0.05, 0.1) is 29.3 Å². The molecule has 0 bridgehead atoms. The minimum absolute atomic E-state index is 0.251. The van der Waals surface area contributed by atoms with Crippen LogP contribution in [0, 0.1) is 0 Å². The molecular formula is C24H20ClN3O3. The van der Waals surface area contributed by atoms with Crippen molar-refractivity contribution in [1.82, 2.24) is 9.55 Å². The van der Waals surface area contributed by atoms with Gasteiger partial charge in [-0.2, -0.15) is 0 Å². The third kappa shape index (κ3) is 4.15. The summed E-state index contributed by atoms with van der Waals surface area (Å²) in [5.74, 6) is -0.0486. The number of carbonyl (C=O) groups is 1. The van der Waals surface area contributed by atoms with E-state index in [1.807, 2.05) is 48.3 Å². The number of anilines is 1. The van der Waals surface area contributed by atoms with Crippen LogP contribution in [-0.2, 0) is 11.3 Å². The van der Waals surface area contributed by atoms with Gasteiger partial charge in [0.25, 0.3) is 5.56 Å². The fourth-order valence-corrected chi connectivity index (χ4v) is 3.64. The number of esters is 1. The van der Waals surface area contributed by atoms with Crippen LogP contribution in [0.2, 0.25) is 5.02 Å². The summed E-state index contributed by atoms with van der Waals surface area (Å²) in [4.78, 5) is 32.1. The molecular weight excluding hydrogens is 414 g/mol. The number of carbonyl (C=O) groups excluding carboxylic acids is 1. The Morgan fingerprint density at radius 2 is 1.84 bits per heavy atom. The number of fused-ring (bicyclic) bond motifs is 1. The van der Waals surface area contributed by atoms with Crippen LogP contribution in [-0.4, -0.2) is 29.7 Å². The van der Waals surface area contributed by atoms with E-state index in [-0.39, 0.29) is 5.56 Å². The second kappa shape index (κ2) is 8.62. The van der Waals surface area contributed by atoms with Gasteiger partial charge in [-0.05, 0) is 42.0 Å². The lowest BCUT2D eigenvalue weighted by Crippen LogP contribution is -2.29. The average molecular weight is 434 g/mol. The van der Waals surface area contributed by atoms with Crippen molar-refractivity contribution in [1.29, 1.82) is 0 Å². The summed E-state index contributed by atoms with van der Waals surface area (Å²) in [7, 11) is 3.18. The summed E-state index contributed by atoms with van der Waals surface area (Å²) < 4.78 is 6.34. The van der Waals surface area contributed by atoms with Gasteiger partial charge in [-0.3, -0.25) is 4.79 Å². The van der Waals surface area contributed by atoms with Crippen molar-refractivity contribution in [2.45, 2.75) is 6.54 Å². The van der Waals surface area contributed by atoms with Crippen molar-refractivity contribution < 1.29 is 9.53 Å². The Labute approximate surface area is 184 Å². The smallest absolute Gasteiger partial charge is 0.337 e. The zero-order chi connectivity index (χ0) is 22.0. The summed E-state index contributed by atoms with van der Waals surface area (Å²) in [6, 6.07) is 21.7. The van der Waals surface area contributed by atoms with Gasteiger partial charge in [-0.25, -0.2) is 14.3 Å². The lowest BCUT2D eigenvalue weighted by molar-refractivity contribution is 0.0601. The maximum Gasteiger partial charge on any atom is 0.337 e.